The average Bonchev–Trinajstić information content (AvgIpc) is 2.77. The molecule has 0 saturated carbocycles. The van der Waals surface area contributed by atoms with Gasteiger partial charge in [-0.25, -0.2) is 4.79 Å². The molecule has 1 heterocycles. The molecule has 1 aliphatic rings. The highest BCUT2D eigenvalue weighted by Gasteiger charge is 2.40. The topological polar surface area (TPSA) is 78.9 Å². The van der Waals surface area contributed by atoms with Gasteiger partial charge in [-0.1, -0.05) is 30.3 Å². The molecule has 0 aromatic heterocycles. The van der Waals surface area contributed by atoms with Gasteiger partial charge < -0.3 is 20.1 Å². The fourth-order valence-corrected chi connectivity index (χ4v) is 3.90. The van der Waals surface area contributed by atoms with Crippen molar-refractivity contribution in [3.8, 4) is 5.75 Å². The lowest BCUT2D eigenvalue weighted by atomic mass is 9.72. The third kappa shape index (κ3) is 4.92. The van der Waals surface area contributed by atoms with Crippen LogP contribution in [0.4, 0.5) is 18.0 Å². The normalized spacial score (nSPS) is 15.9. The van der Waals surface area contributed by atoms with Gasteiger partial charge in [0.05, 0.1) is 18.2 Å². The minimum Gasteiger partial charge on any atom is -0.496 e. The first-order chi connectivity index (χ1) is 14.7. The highest BCUT2D eigenvalue weighted by molar-refractivity contribution is 5.97. The highest BCUT2D eigenvalue weighted by Crippen LogP contribution is 2.38. The summed E-state index contributed by atoms with van der Waals surface area (Å²) in [6.07, 6.45) is -5.00. The molecule has 0 unspecified atom stereocenters. The summed E-state index contributed by atoms with van der Waals surface area (Å²) in [6, 6.07) is 11.7. The summed E-state index contributed by atoms with van der Waals surface area (Å²) in [5.74, 6) is -0.0294. The first-order valence-corrected chi connectivity index (χ1v) is 9.73. The third-order valence-corrected chi connectivity index (χ3v) is 5.73. The number of para-hydroxylation sites is 1. The van der Waals surface area contributed by atoms with Crippen LogP contribution in [-0.4, -0.2) is 48.8 Å². The number of benzene rings is 2. The fourth-order valence-electron chi connectivity index (χ4n) is 3.90. The number of rotatable bonds is 5. The predicted octanol–water partition coefficient (Wildman–Crippen LogP) is 4.16. The summed E-state index contributed by atoms with van der Waals surface area (Å²) >= 11 is 0. The first kappa shape index (κ1) is 22.5. The summed E-state index contributed by atoms with van der Waals surface area (Å²) in [5, 5.41) is 12.1. The van der Waals surface area contributed by atoms with Crippen molar-refractivity contribution in [3.63, 3.8) is 0 Å². The van der Waals surface area contributed by atoms with E-state index in [0.29, 0.717) is 16.9 Å². The van der Waals surface area contributed by atoms with E-state index >= 15 is 0 Å². The van der Waals surface area contributed by atoms with Crippen LogP contribution in [-0.2, 0) is 11.6 Å². The number of nitrogens with zero attached hydrogens (tertiary/aromatic N) is 1. The number of hydrogen-bond donors (Lipinski definition) is 2. The van der Waals surface area contributed by atoms with Crippen LogP contribution in [0.15, 0.2) is 48.5 Å². The molecule has 2 N–H and O–H groups in total. The van der Waals surface area contributed by atoms with Gasteiger partial charge in [-0.15, -0.1) is 0 Å². The maximum absolute atomic E-state index is 13.3. The zero-order chi connectivity index (χ0) is 22.6. The van der Waals surface area contributed by atoms with Gasteiger partial charge in [-0.05, 0) is 36.6 Å². The molecule has 0 spiro atoms. The molecule has 1 aliphatic heterocycles. The summed E-state index contributed by atoms with van der Waals surface area (Å²) < 4.78 is 45.0. The number of methoxy groups -OCH3 is 1. The van der Waals surface area contributed by atoms with E-state index in [9.17, 15) is 27.9 Å². The van der Waals surface area contributed by atoms with Crippen molar-refractivity contribution >= 4 is 12.0 Å². The monoisotopic (exact) mass is 436 g/mol. The van der Waals surface area contributed by atoms with Crippen molar-refractivity contribution in [1.82, 2.24) is 10.2 Å². The Morgan fingerprint density at radius 3 is 2.42 bits per heavy atom. The molecule has 2 aromatic carbocycles. The van der Waals surface area contributed by atoms with Crippen molar-refractivity contribution < 1.29 is 32.6 Å². The first-order valence-electron chi connectivity index (χ1n) is 9.73. The number of carbonyl (C=O) groups is 2. The number of alkyl halides is 3. The lowest BCUT2D eigenvalue weighted by Crippen LogP contribution is -2.50. The number of halogens is 3. The van der Waals surface area contributed by atoms with Gasteiger partial charge in [0, 0.05) is 25.0 Å². The van der Waals surface area contributed by atoms with E-state index in [2.05, 4.69) is 5.32 Å². The third-order valence-electron chi connectivity index (χ3n) is 5.73. The quantitative estimate of drug-likeness (QED) is 0.738. The van der Waals surface area contributed by atoms with E-state index in [4.69, 9.17) is 4.74 Å². The second kappa shape index (κ2) is 8.87. The minimum absolute atomic E-state index is 0.0681. The number of nitrogens with one attached hydrogen (secondary N) is 1. The zero-order valence-electron chi connectivity index (χ0n) is 16.9. The molecule has 0 radical (unpaired) electrons. The van der Waals surface area contributed by atoms with Crippen LogP contribution in [0.1, 0.15) is 34.3 Å². The smallest absolute Gasteiger partial charge is 0.416 e. The number of carbonyl (C=O) groups excluding carboxylic acids is 1. The van der Waals surface area contributed by atoms with Gasteiger partial charge in [0.25, 0.3) is 5.91 Å². The molecule has 166 valence electrons. The van der Waals surface area contributed by atoms with Crippen molar-refractivity contribution in [2.45, 2.75) is 24.4 Å². The van der Waals surface area contributed by atoms with Crippen LogP contribution in [0.3, 0.4) is 0 Å². The Kier molecular flexibility index (Phi) is 6.42. The summed E-state index contributed by atoms with van der Waals surface area (Å²) in [7, 11) is 1.44. The highest BCUT2D eigenvalue weighted by atomic mass is 19.4. The Morgan fingerprint density at radius 1 is 1.13 bits per heavy atom. The van der Waals surface area contributed by atoms with E-state index in [1.165, 1.54) is 18.1 Å². The van der Waals surface area contributed by atoms with Crippen LogP contribution < -0.4 is 10.1 Å². The van der Waals surface area contributed by atoms with E-state index in [-0.39, 0.29) is 32.5 Å². The molecular weight excluding hydrogens is 413 g/mol. The molecule has 6 nitrogen and oxygen atoms in total. The standard InChI is InChI=1S/C22H23F3N2O4/c1-31-18-8-3-2-7-17(18)19(28)26-14-21(9-11-27(12-10-21)20(29)30)15-5-4-6-16(13-15)22(23,24)25/h2-8,13H,9-12,14H2,1H3,(H,26,28)(H,29,30). The molecule has 9 heteroatoms. The van der Waals surface area contributed by atoms with Crippen LogP contribution in [0.25, 0.3) is 0 Å². The van der Waals surface area contributed by atoms with E-state index in [0.717, 1.165) is 12.1 Å². The van der Waals surface area contributed by atoms with Gasteiger partial charge in [0.15, 0.2) is 0 Å². The summed E-state index contributed by atoms with van der Waals surface area (Å²) in [5.41, 5.74) is -0.869. The molecule has 0 bridgehead atoms. The largest absolute Gasteiger partial charge is 0.496 e. The van der Waals surface area contributed by atoms with Gasteiger partial charge >= 0.3 is 12.3 Å². The van der Waals surface area contributed by atoms with Gasteiger partial charge in [-0.3, -0.25) is 4.79 Å². The maximum atomic E-state index is 13.3. The Balaban J connectivity index is 1.89. The van der Waals surface area contributed by atoms with Crippen molar-refractivity contribution in [2.24, 2.45) is 0 Å². The fraction of sp³-hybridized carbons (Fsp3) is 0.364. The lowest BCUT2D eigenvalue weighted by molar-refractivity contribution is -0.137. The SMILES string of the molecule is COc1ccccc1C(=O)NCC1(c2cccc(C(F)(F)F)c2)CCN(C(=O)O)CC1. The molecular formula is C22H23F3N2O4. The lowest BCUT2D eigenvalue weighted by Gasteiger charge is -2.41. The zero-order valence-corrected chi connectivity index (χ0v) is 16.9. The Hall–Kier alpha value is -3.23. The number of ether oxygens (including phenoxy) is 1. The Labute approximate surface area is 177 Å². The van der Waals surface area contributed by atoms with Crippen LogP contribution >= 0.6 is 0 Å². The number of hydrogen-bond acceptors (Lipinski definition) is 3. The molecule has 1 fully saturated rings. The maximum Gasteiger partial charge on any atom is 0.416 e. The number of amides is 2. The molecule has 2 amide bonds. The minimum atomic E-state index is -4.50. The van der Waals surface area contributed by atoms with E-state index in [1.54, 1.807) is 30.3 Å². The molecule has 0 aliphatic carbocycles. The van der Waals surface area contributed by atoms with Crippen LogP contribution in [0, 0.1) is 0 Å². The second-order valence-corrected chi connectivity index (χ2v) is 7.51. The molecule has 31 heavy (non-hydrogen) atoms. The molecule has 3 rings (SSSR count). The van der Waals surface area contributed by atoms with Gasteiger partial charge in [0.2, 0.25) is 0 Å². The van der Waals surface area contributed by atoms with Crippen molar-refractivity contribution in [2.75, 3.05) is 26.7 Å². The Bertz CT molecular complexity index is 954. The van der Waals surface area contributed by atoms with Gasteiger partial charge in [-0.2, -0.15) is 13.2 Å². The van der Waals surface area contributed by atoms with Gasteiger partial charge in [0.1, 0.15) is 5.75 Å². The number of piperidine rings is 1. The number of likely N-dealkylation sites (tertiary alicyclic amines) is 1. The van der Waals surface area contributed by atoms with Crippen LogP contribution in [0.5, 0.6) is 5.75 Å². The molecule has 0 atom stereocenters. The van der Waals surface area contributed by atoms with E-state index in [1.807, 2.05) is 0 Å². The molecule has 2 aromatic rings. The second-order valence-electron chi connectivity index (χ2n) is 7.51. The van der Waals surface area contributed by atoms with Crippen LogP contribution in [0.2, 0.25) is 0 Å². The summed E-state index contributed by atoms with van der Waals surface area (Å²) in [4.78, 5) is 25.3. The summed E-state index contributed by atoms with van der Waals surface area (Å²) in [6.45, 7) is 0.394. The van der Waals surface area contributed by atoms with E-state index < -0.39 is 29.2 Å². The average molecular weight is 436 g/mol. The van der Waals surface area contributed by atoms with Crippen molar-refractivity contribution in [3.05, 3.63) is 65.2 Å². The predicted molar refractivity (Wildman–Crippen MR) is 107 cm³/mol. The number of carboxylic acid groups (broad SMARTS) is 1. The van der Waals surface area contributed by atoms with Crippen molar-refractivity contribution in [1.29, 1.82) is 0 Å². The Morgan fingerprint density at radius 2 is 1.81 bits per heavy atom. The molecule has 1 saturated heterocycles.